The smallest absolute Gasteiger partial charge is 0.272 e. The topological polar surface area (TPSA) is 17.8 Å². The average molecular weight is 386 g/mol. The molecule has 0 aliphatic rings. The second-order valence-corrected chi connectivity index (χ2v) is 4.31. The molecule has 0 unspecified atom stereocenters. The van der Waals surface area contributed by atoms with E-state index in [1.165, 1.54) is 0 Å². The molecule has 24 heavy (non-hydrogen) atoms. The minimum absolute atomic E-state index is 0.121. The molecule has 0 bridgehead atoms. The van der Waals surface area contributed by atoms with Gasteiger partial charge in [0.1, 0.15) is 0 Å². The Balaban J connectivity index is 3.51. The highest BCUT2D eigenvalue weighted by Crippen LogP contribution is 2.60. The molecule has 1 aromatic heterocycles. The zero-order chi connectivity index (χ0) is 19.4. The van der Waals surface area contributed by atoms with Crippen molar-refractivity contribution in [2.75, 3.05) is 0 Å². The molecule has 1 rings (SSSR count). The molecule has 0 saturated carbocycles. The van der Waals surface area contributed by atoms with Crippen molar-refractivity contribution in [1.82, 2.24) is 9.55 Å². The monoisotopic (exact) mass is 386 g/mol. The molecule has 0 atom stereocenters. The van der Waals surface area contributed by atoms with Crippen LogP contribution in [0.3, 0.4) is 0 Å². The number of halogens is 13. The van der Waals surface area contributed by atoms with Crippen LogP contribution in [0, 0.1) is 0 Å². The average Bonchev–Trinajstić information content (AvgIpc) is 2.90. The lowest BCUT2D eigenvalue weighted by Gasteiger charge is -2.39. The van der Waals surface area contributed by atoms with Crippen LogP contribution in [0.2, 0.25) is 0 Å². The normalized spacial score (nSPS) is 15.7. The Morgan fingerprint density at radius 3 is 1.33 bits per heavy atom. The van der Waals surface area contributed by atoms with Gasteiger partial charge >= 0.3 is 35.9 Å². The number of rotatable bonds is 5. The molecule has 2 nitrogen and oxygen atoms in total. The lowest BCUT2D eigenvalue weighted by Crippen LogP contribution is -2.70. The summed E-state index contributed by atoms with van der Waals surface area (Å²) < 4.78 is 164. The van der Waals surface area contributed by atoms with E-state index in [4.69, 9.17) is 0 Å². The third kappa shape index (κ3) is 2.39. The summed E-state index contributed by atoms with van der Waals surface area (Å²) in [5, 5.41) is 0. The number of hydrogen-bond acceptors (Lipinski definition) is 1. The van der Waals surface area contributed by atoms with Gasteiger partial charge in [0.15, 0.2) is 0 Å². The third-order valence-electron chi connectivity index (χ3n) is 2.75. The maximum Gasteiger partial charge on any atom is 0.460 e. The molecule has 0 amide bonds. The molecule has 0 aliphatic carbocycles. The zero-order valence-corrected chi connectivity index (χ0v) is 10.5. The highest BCUT2D eigenvalue weighted by atomic mass is 19.4. The van der Waals surface area contributed by atoms with Gasteiger partial charge in [0.25, 0.3) is 0 Å². The van der Waals surface area contributed by atoms with Gasteiger partial charge in [-0.25, -0.2) is 4.98 Å². The van der Waals surface area contributed by atoms with Crippen LogP contribution in [-0.4, -0.2) is 39.4 Å². The van der Waals surface area contributed by atoms with Crippen LogP contribution in [0.5, 0.6) is 0 Å². The Labute approximate surface area is 122 Å². The van der Waals surface area contributed by atoms with Crippen molar-refractivity contribution in [3.05, 3.63) is 18.7 Å². The first kappa shape index (κ1) is 20.3. The summed E-state index contributed by atoms with van der Waals surface area (Å²) in [6, 6.07) is -6.31. The highest BCUT2D eigenvalue weighted by molar-refractivity contribution is 5.09. The largest absolute Gasteiger partial charge is 0.460 e. The maximum atomic E-state index is 13.3. The molecule has 0 fully saturated rings. The fraction of sp³-hybridized carbons (Fsp3) is 0.667. The minimum atomic E-state index is -7.90. The molecule has 0 N–H and O–H groups in total. The molecular weight excluding hydrogens is 383 g/mol. The Hall–Kier alpha value is -1.70. The Kier molecular flexibility index (Phi) is 4.36. The van der Waals surface area contributed by atoms with Crippen molar-refractivity contribution < 1.29 is 57.1 Å². The lowest BCUT2D eigenvalue weighted by molar-refractivity contribution is -0.448. The van der Waals surface area contributed by atoms with E-state index in [0.29, 0.717) is 6.20 Å². The van der Waals surface area contributed by atoms with Crippen molar-refractivity contribution in [3.63, 3.8) is 0 Å². The van der Waals surface area contributed by atoms with Gasteiger partial charge in [-0.05, 0) is 0 Å². The molecule has 0 aliphatic heterocycles. The van der Waals surface area contributed by atoms with E-state index < -0.39 is 40.5 Å². The summed E-state index contributed by atoms with van der Waals surface area (Å²) in [6.07, 6.45) is -7.49. The van der Waals surface area contributed by atoms with Crippen molar-refractivity contribution >= 4 is 0 Å². The van der Waals surface area contributed by atoms with Crippen LogP contribution >= 0.6 is 0 Å². The van der Waals surface area contributed by atoms with E-state index in [-0.39, 0.29) is 12.5 Å². The minimum Gasteiger partial charge on any atom is -0.272 e. The quantitative estimate of drug-likeness (QED) is 0.680. The van der Waals surface area contributed by atoms with Crippen LogP contribution < -0.4 is 0 Å². The molecule has 0 saturated heterocycles. The second kappa shape index (κ2) is 5.15. The summed E-state index contributed by atoms with van der Waals surface area (Å²) in [5.74, 6) is -30.8. The van der Waals surface area contributed by atoms with E-state index in [2.05, 4.69) is 4.98 Å². The van der Waals surface area contributed by atoms with Gasteiger partial charge in [-0.2, -0.15) is 57.1 Å². The molecule has 140 valence electrons. The van der Waals surface area contributed by atoms with Crippen molar-refractivity contribution in [1.29, 1.82) is 0 Å². The Morgan fingerprint density at radius 1 is 0.583 bits per heavy atom. The fourth-order valence-corrected chi connectivity index (χ4v) is 1.35. The number of alkyl halides is 13. The first-order chi connectivity index (χ1) is 10.4. The Morgan fingerprint density at radius 2 is 1.00 bits per heavy atom. The van der Waals surface area contributed by atoms with Gasteiger partial charge < -0.3 is 0 Å². The summed E-state index contributed by atoms with van der Waals surface area (Å²) in [4.78, 5) is 2.72. The third-order valence-corrected chi connectivity index (χ3v) is 2.75. The van der Waals surface area contributed by atoms with E-state index >= 15 is 0 Å². The van der Waals surface area contributed by atoms with Crippen molar-refractivity contribution in [2.24, 2.45) is 0 Å². The number of imidazole rings is 1. The number of nitrogens with zero attached hydrogens (tertiary/aromatic N) is 2. The first-order valence-electron chi connectivity index (χ1n) is 5.30. The zero-order valence-electron chi connectivity index (χ0n) is 10.5. The van der Waals surface area contributed by atoms with E-state index in [1.807, 2.05) is 0 Å². The van der Waals surface area contributed by atoms with Gasteiger partial charge in [-0.3, -0.25) is 4.57 Å². The van der Waals surface area contributed by atoms with Crippen molar-refractivity contribution in [3.8, 4) is 0 Å². The van der Waals surface area contributed by atoms with Crippen LogP contribution in [0.4, 0.5) is 57.1 Å². The van der Waals surface area contributed by atoms with Gasteiger partial charge in [0, 0.05) is 12.4 Å². The molecule has 0 aromatic carbocycles. The predicted octanol–water partition coefficient (Wildman–Crippen LogP) is 4.54. The highest BCUT2D eigenvalue weighted by Gasteiger charge is 2.91. The summed E-state index contributed by atoms with van der Waals surface area (Å²) in [6.45, 7) is 0. The van der Waals surface area contributed by atoms with Crippen LogP contribution in [0.15, 0.2) is 18.7 Å². The SMILES string of the molecule is FC(F)(F)C(F)(F)C(F)(F)C(F)(F)C(F)(F)C(F)(F)n1ccnc1. The Bertz CT molecular complexity index is 571. The van der Waals surface area contributed by atoms with E-state index in [0.717, 1.165) is 0 Å². The summed E-state index contributed by atoms with van der Waals surface area (Å²) in [5.41, 5.74) is 0. The number of hydrogen-bond donors (Lipinski definition) is 0. The lowest BCUT2D eigenvalue weighted by atomic mass is 9.96. The molecule has 0 spiro atoms. The summed E-state index contributed by atoms with van der Waals surface area (Å²) >= 11 is 0. The van der Waals surface area contributed by atoms with E-state index in [1.54, 1.807) is 0 Å². The van der Waals surface area contributed by atoms with Crippen LogP contribution in [-0.2, 0) is 6.05 Å². The fourth-order valence-electron chi connectivity index (χ4n) is 1.35. The number of aromatic nitrogens is 2. The van der Waals surface area contributed by atoms with Gasteiger partial charge in [-0.1, -0.05) is 0 Å². The molecule has 1 heterocycles. The first-order valence-corrected chi connectivity index (χ1v) is 5.30. The molecule has 1 aromatic rings. The van der Waals surface area contributed by atoms with E-state index in [9.17, 15) is 57.1 Å². The molecule has 0 radical (unpaired) electrons. The summed E-state index contributed by atoms with van der Waals surface area (Å²) in [7, 11) is 0. The second-order valence-electron chi connectivity index (χ2n) is 4.31. The van der Waals surface area contributed by atoms with Crippen molar-refractivity contribution in [2.45, 2.75) is 35.9 Å². The van der Waals surface area contributed by atoms with Gasteiger partial charge in [0.2, 0.25) is 0 Å². The van der Waals surface area contributed by atoms with Crippen LogP contribution in [0.25, 0.3) is 0 Å². The maximum absolute atomic E-state index is 13.3. The van der Waals surface area contributed by atoms with Gasteiger partial charge in [0.05, 0.1) is 6.33 Å². The standard InChI is InChI=1S/C9H3F13N2/c10-4(11,6(14,15)8(18,19)20)5(12,13)7(16,17)9(21,22)24-2-1-23-3-24/h1-3H. The van der Waals surface area contributed by atoms with Gasteiger partial charge in [-0.15, -0.1) is 0 Å². The molecule has 15 heteroatoms. The molecular formula is C9H3F13N2. The predicted molar refractivity (Wildman–Crippen MR) is 48.3 cm³/mol. The van der Waals surface area contributed by atoms with Crippen LogP contribution in [0.1, 0.15) is 0 Å².